The molecule has 1 amide bonds. The third kappa shape index (κ3) is 2.29. The standard InChI is InChI=1S/C10H16N6O2S/c1-15-3-7-2-8(9(11)17)13-16(7)6-10(5-15)4-12-19(18)14-10/h2,12,14H,3-6H2,1H3,(H2,11,17). The lowest BCUT2D eigenvalue weighted by molar-refractivity contribution is 0.0994. The minimum absolute atomic E-state index is 0.271. The summed E-state index contributed by atoms with van der Waals surface area (Å²) in [6.45, 7) is 2.57. The first-order chi connectivity index (χ1) is 8.97. The molecular weight excluding hydrogens is 268 g/mol. The Hall–Kier alpha value is -1.29. The second-order valence-electron chi connectivity index (χ2n) is 5.19. The number of primary amides is 1. The van der Waals surface area contributed by atoms with Gasteiger partial charge in [-0.15, -0.1) is 0 Å². The SMILES string of the molecule is CN1Cc2cc(C(N)=O)nn2CC2(CNS(=O)N2)C1. The maximum absolute atomic E-state index is 11.5. The summed E-state index contributed by atoms with van der Waals surface area (Å²) in [5, 5.41) is 4.24. The van der Waals surface area contributed by atoms with E-state index in [1.165, 1.54) is 0 Å². The van der Waals surface area contributed by atoms with E-state index in [-0.39, 0.29) is 11.2 Å². The highest BCUT2D eigenvalue weighted by Crippen LogP contribution is 2.21. The average Bonchev–Trinajstić information content (AvgIpc) is 2.81. The monoisotopic (exact) mass is 284 g/mol. The van der Waals surface area contributed by atoms with Crippen LogP contribution < -0.4 is 15.2 Å². The highest BCUT2D eigenvalue weighted by atomic mass is 32.2. The van der Waals surface area contributed by atoms with Crippen molar-refractivity contribution >= 4 is 17.1 Å². The summed E-state index contributed by atoms with van der Waals surface area (Å²) < 4.78 is 19.3. The number of amides is 1. The Labute approximate surface area is 113 Å². The molecule has 0 saturated carbocycles. The van der Waals surface area contributed by atoms with E-state index in [2.05, 4.69) is 19.4 Å². The number of carbonyl (C=O) groups is 1. The molecule has 0 bridgehead atoms. The molecule has 2 aliphatic heterocycles. The molecule has 0 aliphatic carbocycles. The maximum atomic E-state index is 11.5. The molecule has 1 saturated heterocycles. The van der Waals surface area contributed by atoms with Gasteiger partial charge < -0.3 is 5.73 Å². The molecule has 9 heteroatoms. The van der Waals surface area contributed by atoms with Gasteiger partial charge in [0, 0.05) is 19.6 Å². The number of nitrogens with two attached hydrogens (primary N) is 1. The molecule has 104 valence electrons. The third-order valence-electron chi connectivity index (χ3n) is 3.42. The van der Waals surface area contributed by atoms with E-state index >= 15 is 0 Å². The normalized spacial score (nSPS) is 31.3. The van der Waals surface area contributed by atoms with Crippen LogP contribution in [-0.2, 0) is 24.3 Å². The van der Waals surface area contributed by atoms with Gasteiger partial charge in [-0.3, -0.25) is 14.4 Å². The minimum atomic E-state index is -1.22. The molecule has 0 aromatic carbocycles. The topological polar surface area (TPSA) is 105 Å². The number of hydrogen-bond donors (Lipinski definition) is 3. The van der Waals surface area contributed by atoms with Gasteiger partial charge >= 0.3 is 0 Å². The van der Waals surface area contributed by atoms with Gasteiger partial charge in [-0.2, -0.15) is 5.10 Å². The molecule has 1 spiro atoms. The van der Waals surface area contributed by atoms with Crippen LogP contribution in [0, 0.1) is 0 Å². The summed E-state index contributed by atoms with van der Waals surface area (Å²) in [6.07, 6.45) is 0. The van der Waals surface area contributed by atoms with Crippen LogP contribution in [-0.4, -0.2) is 50.5 Å². The Morgan fingerprint density at radius 3 is 3.00 bits per heavy atom. The van der Waals surface area contributed by atoms with Crippen molar-refractivity contribution in [2.45, 2.75) is 18.6 Å². The number of rotatable bonds is 1. The molecule has 2 unspecified atom stereocenters. The van der Waals surface area contributed by atoms with Crippen molar-refractivity contribution in [3.63, 3.8) is 0 Å². The zero-order valence-electron chi connectivity index (χ0n) is 10.5. The van der Waals surface area contributed by atoms with E-state index < -0.39 is 17.1 Å². The zero-order chi connectivity index (χ0) is 13.6. The molecule has 2 atom stereocenters. The lowest BCUT2D eigenvalue weighted by atomic mass is 10.0. The van der Waals surface area contributed by atoms with Gasteiger partial charge in [0.25, 0.3) is 5.91 Å². The fraction of sp³-hybridized carbons (Fsp3) is 0.600. The first-order valence-electron chi connectivity index (χ1n) is 5.96. The first kappa shape index (κ1) is 12.7. The van der Waals surface area contributed by atoms with E-state index in [1.807, 2.05) is 7.05 Å². The lowest BCUT2D eigenvalue weighted by Gasteiger charge is -2.28. The Morgan fingerprint density at radius 1 is 1.58 bits per heavy atom. The van der Waals surface area contributed by atoms with Crippen LogP contribution in [0.1, 0.15) is 16.2 Å². The van der Waals surface area contributed by atoms with Crippen LogP contribution >= 0.6 is 0 Å². The van der Waals surface area contributed by atoms with Crippen molar-refractivity contribution in [2.24, 2.45) is 5.73 Å². The second-order valence-corrected chi connectivity index (χ2v) is 6.22. The maximum Gasteiger partial charge on any atom is 0.269 e. The van der Waals surface area contributed by atoms with Crippen LogP contribution in [0.25, 0.3) is 0 Å². The van der Waals surface area contributed by atoms with Gasteiger partial charge in [0.2, 0.25) is 0 Å². The van der Waals surface area contributed by atoms with Crippen molar-refractivity contribution in [3.05, 3.63) is 17.5 Å². The van der Waals surface area contributed by atoms with Crippen LogP contribution in [0.2, 0.25) is 0 Å². The Morgan fingerprint density at radius 2 is 2.37 bits per heavy atom. The molecule has 8 nitrogen and oxygen atoms in total. The van der Waals surface area contributed by atoms with Crippen LogP contribution in [0.4, 0.5) is 0 Å². The fourth-order valence-electron chi connectivity index (χ4n) is 2.67. The number of aromatic nitrogens is 2. The number of fused-ring (bicyclic) bond motifs is 1. The van der Waals surface area contributed by atoms with Crippen molar-refractivity contribution < 1.29 is 9.00 Å². The molecule has 1 fully saturated rings. The summed E-state index contributed by atoms with van der Waals surface area (Å²) in [7, 11) is 1.98. The number of nitrogens with one attached hydrogen (secondary N) is 2. The number of carbonyl (C=O) groups excluding carboxylic acids is 1. The molecule has 1 aromatic heterocycles. The van der Waals surface area contributed by atoms with Gasteiger partial charge in [0.05, 0.1) is 17.8 Å². The van der Waals surface area contributed by atoms with Gasteiger partial charge in [0.1, 0.15) is 5.69 Å². The van der Waals surface area contributed by atoms with E-state index in [9.17, 15) is 9.00 Å². The summed E-state index contributed by atoms with van der Waals surface area (Å²) in [6, 6.07) is 1.72. The van der Waals surface area contributed by atoms with Crippen molar-refractivity contribution in [3.8, 4) is 0 Å². The third-order valence-corrected chi connectivity index (χ3v) is 4.45. The fourth-order valence-corrected chi connectivity index (χ4v) is 3.75. The molecule has 19 heavy (non-hydrogen) atoms. The molecule has 0 radical (unpaired) electrons. The highest BCUT2D eigenvalue weighted by Gasteiger charge is 2.41. The van der Waals surface area contributed by atoms with E-state index in [0.717, 1.165) is 12.2 Å². The lowest BCUT2D eigenvalue weighted by Crippen LogP contribution is -2.52. The van der Waals surface area contributed by atoms with E-state index in [1.54, 1.807) is 10.7 Å². The number of likely N-dealkylation sites (N-methyl/N-ethyl adjacent to an activating group) is 1. The largest absolute Gasteiger partial charge is 0.364 e. The second kappa shape index (κ2) is 4.37. The Balaban J connectivity index is 1.97. The van der Waals surface area contributed by atoms with Crippen LogP contribution in [0.3, 0.4) is 0 Å². The van der Waals surface area contributed by atoms with Crippen LogP contribution in [0.5, 0.6) is 0 Å². The average molecular weight is 284 g/mol. The minimum Gasteiger partial charge on any atom is -0.364 e. The molecular formula is C10H16N6O2S. The number of hydrogen-bond acceptors (Lipinski definition) is 4. The van der Waals surface area contributed by atoms with Gasteiger partial charge in [-0.25, -0.2) is 13.7 Å². The quantitative estimate of drug-likeness (QED) is 0.551. The van der Waals surface area contributed by atoms with Gasteiger partial charge in [-0.05, 0) is 13.1 Å². The summed E-state index contributed by atoms with van der Waals surface area (Å²) in [5.74, 6) is -0.529. The van der Waals surface area contributed by atoms with E-state index in [0.29, 0.717) is 19.6 Å². The zero-order valence-corrected chi connectivity index (χ0v) is 11.4. The predicted octanol–water partition coefficient (Wildman–Crippen LogP) is -2.06. The molecule has 1 aromatic rings. The Bertz CT molecular complexity index is 558. The van der Waals surface area contributed by atoms with E-state index in [4.69, 9.17) is 5.73 Å². The molecule has 3 heterocycles. The number of nitrogens with zero attached hydrogens (tertiary/aromatic N) is 3. The van der Waals surface area contributed by atoms with Gasteiger partial charge in [-0.1, -0.05) is 0 Å². The molecule has 4 N–H and O–H groups in total. The molecule has 2 aliphatic rings. The summed E-state index contributed by atoms with van der Waals surface area (Å²) in [5.41, 5.74) is 6.13. The summed E-state index contributed by atoms with van der Waals surface area (Å²) in [4.78, 5) is 13.3. The van der Waals surface area contributed by atoms with Crippen molar-refractivity contribution in [1.29, 1.82) is 0 Å². The predicted molar refractivity (Wildman–Crippen MR) is 69.1 cm³/mol. The first-order valence-corrected chi connectivity index (χ1v) is 7.11. The van der Waals surface area contributed by atoms with Crippen molar-refractivity contribution in [2.75, 3.05) is 20.1 Å². The highest BCUT2D eigenvalue weighted by molar-refractivity contribution is 7.81. The Kier molecular flexibility index (Phi) is 2.93. The summed E-state index contributed by atoms with van der Waals surface area (Å²) >= 11 is -1.22. The van der Waals surface area contributed by atoms with Crippen LogP contribution in [0.15, 0.2) is 6.07 Å². The van der Waals surface area contributed by atoms with Gasteiger partial charge in [0.15, 0.2) is 11.2 Å². The smallest absolute Gasteiger partial charge is 0.269 e. The molecule has 3 rings (SSSR count). The van der Waals surface area contributed by atoms with Crippen molar-refractivity contribution in [1.82, 2.24) is 24.1 Å².